The maximum atomic E-state index is 10.6. The lowest BCUT2D eigenvalue weighted by Gasteiger charge is -2.04. The minimum Gasteiger partial charge on any atom is -0.477 e. The fourth-order valence-corrected chi connectivity index (χ4v) is 1.39. The highest BCUT2D eigenvalue weighted by Gasteiger charge is 2.10. The topological polar surface area (TPSA) is 78.2 Å². The summed E-state index contributed by atoms with van der Waals surface area (Å²) in [5.41, 5.74) is 0.632. The highest BCUT2D eigenvalue weighted by atomic mass is 16.6. The molecule has 82 valence electrons. The molecular weight excluding hydrogens is 210 g/mol. The molecule has 6 heteroatoms. The Hall–Kier alpha value is -2.24. The molecule has 2 aromatic rings. The number of fused-ring (bicyclic) bond motifs is 1. The largest absolute Gasteiger partial charge is 0.477 e. The fourth-order valence-electron chi connectivity index (χ4n) is 1.39. The van der Waals surface area contributed by atoms with Crippen molar-refractivity contribution in [3.63, 3.8) is 0 Å². The van der Waals surface area contributed by atoms with E-state index in [2.05, 4.69) is 9.97 Å². The Kier molecular flexibility index (Phi) is 2.63. The van der Waals surface area contributed by atoms with Gasteiger partial charge in [-0.15, -0.1) is 0 Å². The van der Waals surface area contributed by atoms with Gasteiger partial charge in [0.15, 0.2) is 0 Å². The fraction of sp³-hybridized carbons (Fsp3) is 0.200. The summed E-state index contributed by atoms with van der Waals surface area (Å²) in [6.07, 6.45) is 1.37. The summed E-state index contributed by atoms with van der Waals surface area (Å²) >= 11 is 0. The van der Waals surface area contributed by atoms with E-state index in [1.165, 1.54) is 18.5 Å². The molecule has 0 aliphatic rings. The molecule has 0 saturated carbocycles. The van der Waals surface area contributed by atoms with Gasteiger partial charge in [0.05, 0.1) is 22.4 Å². The zero-order chi connectivity index (χ0) is 11.5. The number of nitro benzene ring substituents is 1. The molecule has 1 aromatic carbocycles. The Morgan fingerprint density at radius 2 is 2.25 bits per heavy atom. The van der Waals surface area contributed by atoms with Gasteiger partial charge >= 0.3 is 0 Å². The molecule has 0 spiro atoms. The van der Waals surface area contributed by atoms with E-state index >= 15 is 0 Å². The van der Waals surface area contributed by atoms with E-state index in [9.17, 15) is 10.1 Å². The van der Waals surface area contributed by atoms with E-state index in [0.29, 0.717) is 23.4 Å². The summed E-state index contributed by atoms with van der Waals surface area (Å²) in [6.45, 7) is 2.28. The van der Waals surface area contributed by atoms with Crippen molar-refractivity contribution in [1.82, 2.24) is 9.97 Å². The summed E-state index contributed by atoms with van der Waals surface area (Å²) in [6, 6.07) is 4.41. The molecule has 6 nitrogen and oxygen atoms in total. The number of ether oxygens (including phenoxy) is 1. The number of hydrogen-bond donors (Lipinski definition) is 0. The molecule has 0 atom stereocenters. The SMILES string of the molecule is CCOc1ncnc2ccc([N+](=O)[O-])cc12. The van der Waals surface area contributed by atoms with Gasteiger partial charge in [-0.1, -0.05) is 0 Å². The van der Waals surface area contributed by atoms with Crippen molar-refractivity contribution < 1.29 is 9.66 Å². The van der Waals surface area contributed by atoms with E-state index in [1.54, 1.807) is 6.07 Å². The molecule has 16 heavy (non-hydrogen) atoms. The predicted octanol–water partition coefficient (Wildman–Crippen LogP) is 1.94. The van der Waals surface area contributed by atoms with Crippen LogP contribution >= 0.6 is 0 Å². The lowest BCUT2D eigenvalue weighted by molar-refractivity contribution is -0.384. The van der Waals surface area contributed by atoms with E-state index in [4.69, 9.17) is 4.74 Å². The molecule has 0 bridgehead atoms. The number of nitro groups is 1. The maximum Gasteiger partial charge on any atom is 0.270 e. The van der Waals surface area contributed by atoms with Crippen molar-refractivity contribution in [3.05, 3.63) is 34.6 Å². The molecule has 0 radical (unpaired) electrons. The molecule has 0 unspecified atom stereocenters. The highest BCUT2D eigenvalue weighted by molar-refractivity contribution is 5.85. The van der Waals surface area contributed by atoms with Crippen LogP contribution in [0.4, 0.5) is 5.69 Å². The number of nitrogens with zero attached hydrogens (tertiary/aromatic N) is 3. The second kappa shape index (κ2) is 4.09. The second-order valence-corrected chi connectivity index (χ2v) is 3.07. The number of benzene rings is 1. The van der Waals surface area contributed by atoms with Crippen LogP contribution in [0.15, 0.2) is 24.5 Å². The third-order valence-electron chi connectivity index (χ3n) is 2.07. The van der Waals surface area contributed by atoms with Crippen LogP contribution in [0.25, 0.3) is 10.9 Å². The van der Waals surface area contributed by atoms with Gasteiger partial charge in [0.2, 0.25) is 5.88 Å². The van der Waals surface area contributed by atoms with E-state index < -0.39 is 4.92 Å². The van der Waals surface area contributed by atoms with Crippen LogP contribution < -0.4 is 4.74 Å². The average Bonchev–Trinajstić information content (AvgIpc) is 2.29. The summed E-state index contributed by atoms with van der Waals surface area (Å²) in [4.78, 5) is 18.1. The monoisotopic (exact) mass is 219 g/mol. The molecule has 0 fully saturated rings. The lowest BCUT2D eigenvalue weighted by Crippen LogP contribution is -1.97. The smallest absolute Gasteiger partial charge is 0.270 e. The minimum absolute atomic E-state index is 0.00301. The zero-order valence-corrected chi connectivity index (χ0v) is 8.58. The Bertz CT molecular complexity index is 542. The first-order valence-electron chi connectivity index (χ1n) is 4.74. The average molecular weight is 219 g/mol. The van der Waals surface area contributed by atoms with E-state index in [-0.39, 0.29) is 5.69 Å². The highest BCUT2D eigenvalue weighted by Crippen LogP contribution is 2.25. The first-order valence-corrected chi connectivity index (χ1v) is 4.74. The molecule has 1 heterocycles. The standard InChI is InChI=1S/C10H9N3O3/c1-2-16-10-8-5-7(13(14)15)3-4-9(8)11-6-12-10/h3-6H,2H2,1H3. The Balaban J connectivity index is 2.63. The van der Waals surface area contributed by atoms with Gasteiger partial charge in [0, 0.05) is 12.1 Å². The lowest BCUT2D eigenvalue weighted by atomic mass is 10.2. The molecule has 0 amide bonds. The normalized spacial score (nSPS) is 10.3. The van der Waals surface area contributed by atoms with Gasteiger partial charge in [0.25, 0.3) is 5.69 Å². The molecular formula is C10H9N3O3. The van der Waals surface area contributed by atoms with E-state index in [1.807, 2.05) is 6.92 Å². The van der Waals surface area contributed by atoms with Gasteiger partial charge in [-0.05, 0) is 13.0 Å². The van der Waals surface area contributed by atoms with Crippen molar-refractivity contribution in [2.24, 2.45) is 0 Å². The van der Waals surface area contributed by atoms with Crippen LogP contribution in [0.3, 0.4) is 0 Å². The van der Waals surface area contributed by atoms with Gasteiger partial charge in [-0.3, -0.25) is 10.1 Å². The van der Waals surface area contributed by atoms with Crippen LogP contribution in [0.2, 0.25) is 0 Å². The third kappa shape index (κ3) is 1.77. The predicted molar refractivity (Wildman–Crippen MR) is 57.4 cm³/mol. The number of rotatable bonds is 3. The first-order chi connectivity index (χ1) is 7.72. The summed E-state index contributed by atoms with van der Waals surface area (Å²) in [7, 11) is 0. The summed E-state index contributed by atoms with van der Waals surface area (Å²) in [5.74, 6) is 0.371. The first kappa shape index (κ1) is 10.3. The molecule has 2 rings (SSSR count). The van der Waals surface area contributed by atoms with Gasteiger partial charge in [-0.2, -0.15) is 0 Å². The minimum atomic E-state index is -0.456. The van der Waals surface area contributed by atoms with Crippen molar-refractivity contribution in [3.8, 4) is 5.88 Å². The number of non-ortho nitro benzene ring substituents is 1. The van der Waals surface area contributed by atoms with Gasteiger partial charge < -0.3 is 4.74 Å². The third-order valence-corrected chi connectivity index (χ3v) is 2.07. The molecule has 0 aliphatic carbocycles. The van der Waals surface area contributed by atoms with Crippen LogP contribution in [-0.2, 0) is 0 Å². The van der Waals surface area contributed by atoms with E-state index in [0.717, 1.165) is 0 Å². The Morgan fingerprint density at radius 1 is 1.44 bits per heavy atom. The number of aromatic nitrogens is 2. The van der Waals surface area contributed by atoms with Crippen molar-refractivity contribution >= 4 is 16.6 Å². The Morgan fingerprint density at radius 3 is 2.94 bits per heavy atom. The summed E-state index contributed by atoms with van der Waals surface area (Å²) in [5, 5.41) is 11.2. The van der Waals surface area contributed by atoms with Crippen LogP contribution in [0.1, 0.15) is 6.92 Å². The maximum absolute atomic E-state index is 10.6. The van der Waals surface area contributed by atoms with Gasteiger partial charge in [0.1, 0.15) is 6.33 Å². The van der Waals surface area contributed by atoms with Crippen molar-refractivity contribution in [1.29, 1.82) is 0 Å². The van der Waals surface area contributed by atoms with Crippen LogP contribution in [-0.4, -0.2) is 21.5 Å². The molecule has 1 aromatic heterocycles. The number of hydrogen-bond acceptors (Lipinski definition) is 5. The zero-order valence-electron chi connectivity index (χ0n) is 8.58. The second-order valence-electron chi connectivity index (χ2n) is 3.07. The molecule has 0 aliphatic heterocycles. The Labute approximate surface area is 91.0 Å². The molecule has 0 saturated heterocycles. The van der Waals surface area contributed by atoms with Crippen LogP contribution in [0, 0.1) is 10.1 Å². The quantitative estimate of drug-likeness (QED) is 0.582. The summed E-state index contributed by atoms with van der Waals surface area (Å²) < 4.78 is 5.28. The van der Waals surface area contributed by atoms with Gasteiger partial charge in [-0.25, -0.2) is 9.97 Å². The molecule has 0 N–H and O–H groups in total. The van der Waals surface area contributed by atoms with Crippen molar-refractivity contribution in [2.75, 3.05) is 6.61 Å². The van der Waals surface area contributed by atoms with Crippen LogP contribution in [0.5, 0.6) is 5.88 Å². The van der Waals surface area contributed by atoms with Crippen molar-refractivity contribution in [2.45, 2.75) is 6.92 Å².